The molecule has 0 bridgehead atoms. The van der Waals surface area contributed by atoms with Crippen molar-refractivity contribution in [2.45, 2.75) is 46.0 Å². The zero-order valence-electron chi connectivity index (χ0n) is 15.1. The molecule has 128 valence electrons. The summed E-state index contributed by atoms with van der Waals surface area (Å²) in [5, 5.41) is 2.59. The standard InChI is InChI=1S/C22H28O2/c1-4-6-8-16(5-2)15-24-21-12-18-10-7-9-17-11-20(23-3)13-19(14-21)22(17)18/h7,9-10,12-14,16H,4-6,8,11,15H2,1-3H3. The highest BCUT2D eigenvalue weighted by Crippen LogP contribution is 2.35. The summed E-state index contributed by atoms with van der Waals surface area (Å²) < 4.78 is 11.7. The molecule has 0 aliphatic heterocycles. The van der Waals surface area contributed by atoms with Crippen molar-refractivity contribution >= 4 is 16.8 Å². The highest BCUT2D eigenvalue weighted by Gasteiger charge is 2.16. The van der Waals surface area contributed by atoms with Gasteiger partial charge < -0.3 is 9.47 Å². The zero-order chi connectivity index (χ0) is 16.9. The Kier molecular flexibility index (Phi) is 5.44. The summed E-state index contributed by atoms with van der Waals surface area (Å²) in [5.74, 6) is 2.63. The molecule has 0 N–H and O–H groups in total. The van der Waals surface area contributed by atoms with Gasteiger partial charge in [-0.3, -0.25) is 0 Å². The van der Waals surface area contributed by atoms with Crippen LogP contribution in [0.1, 0.15) is 50.7 Å². The van der Waals surface area contributed by atoms with E-state index in [0.717, 1.165) is 24.5 Å². The lowest BCUT2D eigenvalue weighted by Crippen LogP contribution is -2.11. The van der Waals surface area contributed by atoms with Crippen LogP contribution in [0.25, 0.3) is 16.8 Å². The molecule has 2 heteroatoms. The minimum Gasteiger partial charge on any atom is -0.501 e. The van der Waals surface area contributed by atoms with Gasteiger partial charge in [-0.05, 0) is 52.4 Å². The lowest BCUT2D eigenvalue weighted by molar-refractivity contribution is 0.233. The third kappa shape index (κ3) is 3.58. The predicted octanol–water partition coefficient (Wildman–Crippen LogP) is 5.98. The van der Waals surface area contributed by atoms with Gasteiger partial charge in [-0.25, -0.2) is 0 Å². The Labute approximate surface area is 145 Å². The van der Waals surface area contributed by atoms with Crippen LogP contribution < -0.4 is 4.74 Å². The van der Waals surface area contributed by atoms with Gasteiger partial charge in [-0.15, -0.1) is 0 Å². The summed E-state index contributed by atoms with van der Waals surface area (Å²) in [6, 6.07) is 10.8. The Morgan fingerprint density at radius 3 is 2.79 bits per heavy atom. The molecule has 1 aliphatic rings. The van der Waals surface area contributed by atoms with E-state index in [4.69, 9.17) is 9.47 Å². The van der Waals surface area contributed by atoms with Crippen LogP contribution in [0.4, 0.5) is 0 Å². The first-order chi connectivity index (χ1) is 11.7. The van der Waals surface area contributed by atoms with Crippen molar-refractivity contribution in [1.29, 1.82) is 0 Å². The fourth-order valence-corrected chi connectivity index (χ4v) is 3.51. The van der Waals surface area contributed by atoms with E-state index in [9.17, 15) is 0 Å². The third-order valence-corrected chi connectivity index (χ3v) is 5.04. The van der Waals surface area contributed by atoms with Gasteiger partial charge in [0.15, 0.2) is 0 Å². The first-order valence-electron chi connectivity index (χ1n) is 9.18. The molecule has 0 heterocycles. The van der Waals surface area contributed by atoms with Gasteiger partial charge in [0, 0.05) is 6.42 Å². The fraction of sp³-hybridized carbons (Fsp3) is 0.455. The first-order valence-corrected chi connectivity index (χ1v) is 9.18. The number of hydrogen-bond acceptors (Lipinski definition) is 2. The van der Waals surface area contributed by atoms with Gasteiger partial charge in [0.05, 0.1) is 13.7 Å². The maximum absolute atomic E-state index is 6.17. The number of methoxy groups -OCH3 is 1. The molecule has 1 atom stereocenters. The highest BCUT2D eigenvalue weighted by atomic mass is 16.5. The van der Waals surface area contributed by atoms with Gasteiger partial charge in [0.1, 0.15) is 11.5 Å². The maximum Gasteiger partial charge on any atom is 0.120 e. The summed E-state index contributed by atoms with van der Waals surface area (Å²) in [4.78, 5) is 0. The normalized spacial score (nSPS) is 14.4. The van der Waals surface area contributed by atoms with Crippen LogP contribution in [0.15, 0.2) is 36.1 Å². The van der Waals surface area contributed by atoms with Gasteiger partial charge in [0.25, 0.3) is 0 Å². The second-order valence-corrected chi connectivity index (χ2v) is 6.75. The largest absolute Gasteiger partial charge is 0.501 e. The van der Waals surface area contributed by atoms with Crippen LogP contribution in [0, 0.1) is 5.92 Å². The Hall–Kier alpha value is -1.96. The van der Waals surface area contributed by atoms with Gasteiger partial charge >= 0.3 is 0 Å². The monoisotopic (exact) mass is 324 g/mol. The van der Waals surface area contributed by atoms with E-state index in [1.165, 1.54) is 47.6 Å². The van der Waals surface area contributed by atoms with E-state index in [-0.39, 0.29) is 0 Å². The number of allylic oxidation sites excluding steroid dienone is 1. The number of unbranched alkanes of at least 4 members (excludes halogenated alkanes) is 1. The average molecular weight is 324 g/mol. The van der Waals surface area contributed by atoms with Crippen LogP contribution in [-0.4, -0.2) is 13.7 Å². The topological polar surface area (TPSA) is 18.5 Å². The zero-order valence-corrected chi connectivity index (χ0v) is 15.1. The molecule has 1 unspecified atom stereocenters. The van der Waals surface area contributed by atoms with E-state index in [1.807, 2.05) is 0 Å². The van der Waals surface area contributed by atoms with Crippen molar-refractivity contribution in [3.05, 3.63) is 47.2 Å². The second-order valence-electron chi connectivity index (χ2n) is 6.75. The molecule has 0 aromatic heterocycles. The quantitative estimate of drug-likeness (QED) is 0.595. The Morgan fingerprint density at radius 1 is 1.17 bits per heavy atom. The summed E-state index contributed by atoms with van der Waals surface area (Å²) in [6.07, 6.45) is 7.99. The molecule has 2 aromatic carbocycles. The molecule has 2 aromatic rings. The van der Waals surface area contributed by atoms with Gasteiger partial charge in [0.2, 0.25) is 0 Å². The molecule has 24 heavy (non-hydrogen) atoms. The minimum absolute atomic E-state index is 0.647. The van der Waals surface area contributed by atoms with Crippen LogP contribution in [0.5, 0.6) is 5.75 Å². The number of hydrogen-bond donors (Lipinski definition) is 0. The first kappa shape index (κ1) is 16.9. The van der Waals surface area contributed by atoms with Crippen molar-refractivity contribution in [3.8, 4) is 5.75 Å². The summed E-state index contributed by atoms with van der Waals surface area (Å²) >= 11 is 0. The second kappa shape index (κ2) is 7.74. The Balaban J connectivity index is 1.85. The van der Waals surface area contributed by atoms with E-state index < -0.39 is 0 Å². The summed E-state index contributed by atoms with van der Waals surface area (Å²) in [7, 11) is 1.75. The molecule has 0 amide bonds. The van der Waals surface area contributed by atoms with Crippen molar-refractivity contribution in [2.24, 2.45) is 5.92 Å². The molecule has 0 fully saturated rings. The highest BCUT2D eigenvalue weighted by molar-refractivity contribution is 5.96. The van der Waals surface area contributed by atoms with Crippen LogP contribution in [0.3, 0.4) is 0 Å². The summed E-state index contributed by atoms with van der Waals surface area (Å²) in [6.45, 7) is 5.31. The fourth-order valence-electron chi connectivity index (χ4n) is 3.51. The van der Waals surface area contributed by atoms with Gasteiger partial charge in [-0.1, -0.05) is 51.3 Å². The third-order valence-electron chi connectivity index (χ3n) is 5.04. The van der Waals surface area contributed by atoms with E-state index >= 15 is 0 Å². The molecule has 0 saturated carbocycles. The minimum atomic E-state index is 0.647. The molecule has 1 aliphatic carbocycles. The van der Waals surface area contributed by atoms with Crippen LogP contribution >= 0.6 is 0 Å². The Morgan fingerprint density at radius 2 is 2.04 bits per heavy atom. The molecule has 0 spiro atoms. The predicted molar refractivity (Wildman–Crippen MR) is 101 cm³/mol. The number of benzene rings is 2. The van der Waals surface area contributed by atoms with Crippen molar-refractivity contribution < 1.29 is 9.47 Å². The molecule has 0 saturated heterocycles. The molecular weight excluding hydrogens is 296 g/mol. The van der Waals surface area contributed by atoms with Crippen LogP contribution in [-0.2, 0) is 11.2 Å². The molecular formula is C22H28O2. The molecule has 0 radical (unpaired) electrons. The van der Waals surface area contributed by atoms with E-state index in [2.05, 4.69) is 50.3 Å². The average Bonchev–Trinajstić information content (AvgIpc) is 2.61. The molecule has 2 nitrogen and oxygen atoms in total. The SMILES string of the molecule is CCCCC(CC)COc1cc2c3c(cccc3c1)CC(OC)=C2. The van der Waals surface area contributed by atoms with Crippen molar-refractivity contribution in [3.63, 3.8) is 0 Å². The summed E-state index contributed by atoms with van der Waals surface area (Å²) in [5.41, 5.74) is 2.55. The Bertz CT molecular complexity index is 730. The van der Waals surface area contributed by atoms with Crippen molar-refractivity contribution in [1.82, 2.24) is 0 Å². The lowest BCUT2D eigenvalue weighted by Gasteiger charge is -2.20. The van der Waals surface area contributed by atoms with E-state index in [0.29, 0.717) is 5.92 Å². The van der Waals surface area contributed by atoms with Crippen LogP contribution in [0.2, 0.25) is 0 Å². The molecule has 3 rings (SSSR count). The van der Waals surface area contributed by atoms with Crippen molar-refractivity contribution in [2.75, 3.05) is 13.7 Å². The number of ether oxygens (including phenoxy) is 2. The number of rotatable bonds is 8. The van der Waals surface area contributed by atoms with Gasteiger partial charge in [-0.2, -0.15) is 0 Å². The van der Waals surface area contributed by atoms with E-state index in [1.54, 1.807) is 7.11 Å². The smallest absolute Gasteiger partial charge is 0.120 e. The maximum atomic E-state index is 6.17. The lowest BCUT2D eigenvalue weighted by atomic mass is 9.92.